The van der Waals surface area contributed by atoms with Crippen molar-refractivity contribution in [2.45, 2.75) is 29.8 Å². The Bertz CT molecular complexity index is 109. The first kappa shape index (κ1) is 16.1. The summed E-state index contributed by atoms with van der Waals surface area (Å²) in [5.74, 6) is 0. The Labute approximate surface area is 93.2 Å². The van der Waals surface area contributed by atoms with Crippen LogP contribution in [0, 0.1) is 0 Å². The predicted octanol–water partition coefficient (Wildman–Crippen LogP) is -0.409. The molecule has 4 nitrogen and oxygen atoms in total. The third-order valence-corrected chi connectivity index (χ3v) is 3.10. The van der Waals surface area contributed by atoms with E-state index >= 15 is 0 Å². The van der Waals surface area contributed by atoms with Crippen molar-refractivity contribution < 1.29 is 10.2 Å². The number of halogens is 2. The highest BCUT2D eigenvalue weighted by Crippen LogP contribution is 2.12. The van der Waals surface area contributed by atoms with Crippen molar-refractivity contribution in [3.8, 4) is 0 Å². The summed E-state index contributed by atoms with van der Waals surface area (Å²) in [5.41, 5.74) is 11.4. The molecule has 82 valence electrons. The Hall–Kier alpha value is 0.610. The molecule has 0 saturated carbocycles. The van der Waals surface area contributed by atoms with E-state index in [4.69, 9.17) is 21.7 Å². The van der Waals surface area contributed by atoms with Gasteiger partial charge in [0.15, 0.2) is 0 Å². The van der Waals surface area contributed by atoms with Crippen LogP contribution in [0.5, 0.6) is 0 Å². The van der Waals surface area contributed by atoms with Crippen LogP contribution in [0.25, 0.3) is 0 Å². The van der Waals surface area contributed by atoms with E-state index < -0.39 is 0 Å². The van der Waals surface area contributed by atoms with Crippen LogP contribution in [0.4, 0.5) is 0 Å². The lowest BCUT2D eigenvalue weighted by Crippen LogP contribution is -2.44. The third-order valence-electron chi connectivity index (χ3n) is 1.74. The second-order valence-corrected chi connectivity index (χ2v) is 3.85. The summed E-state index contributed by atoms with van der Waals surface area (Å²) in [5, 5.41) is 17.2. The zero-order valence-electron chi connectivity index (χ0n) is 7.40. The molecule has 6 N–H and O–H groups in total. The summed E-state index contributed by atoms with van der Waals surface area (Å²) in [7, 11) is 0. The van der Waals surface area contributed by atoms with Crippen LogP contribution in [0.2, 0.25) is 0 Å². The number of aliphatic hydroxyl groups is 2. The van der Waals surface area contributed by atoms with E-state index in [9.17, 15) is 0 Å². The van der Waals surface area contributed by atoms with Crippen molar-refractivity contribution >= 4 is 28.3 Å². The molecule has 6 heteroatoms. The quantitative estimate of drug-likeness (QED) is 0.497. The summed E-state index contributed by atoms with van der Waals surface area (Å²) in [6.07, 6.45) is 1.05. The summed E-state index contributed by atoms with van der Waals surface area (Å²) in [6, 6.07) is -0.312. The lowest BCUT2D eigenvalue weighted by atomic mass is 10.0. The molecule has 0 saturated heterocycles. The van der Waals surface area contributed by atoms with E-state index in [1.165, 1.54) is 0 Å². The fourth-order valence-electron chi connectivity index (χ4n) is 0.934. The molecule has 0 aromatic rings. The third kappa shape index (κ3) is 6.65. The predicted molar refractivity (Wildman–Crippen MR) is 59.3 cm³/mol. The van der Waals surface area contributed by atoms with E-state index in [0.717, 1.165) is 0 Å². The zero-order valence-corrected chi connectivity index (χ0v) is 9.80. The molecule has 0 rings (SSSR count). The highest BCUT2D eigenvalue weighted by atomic mass is 79.9. The molecule has 2 unspecified atom stereocenters. The summed E-state index contributed by atoms with van der Waals surface area (Å²) in [4.78, 5) is -0.0446. The van der Waals surface area contributed by atoms with Crippen LogP contribution >= 0.6 is 28.3 Å². The van der Waals surface area contributed by atoms with Crippen molar-refractivity contribution in [1.29, 1.82) is 0 Å². The SMILES string of the molecule is Cl.NC(CCO)C(Br)C(N)CCO. The molecule has 0 aromatic heterocycles. The van der Waals surface area contributed by atoms with Crippen molar-refractivity contribution in [3.63, 3.8) is 0 Å². The van der Waals surface area contributed by atoms with Gasteiger partial charge < -0.3 is 21.7 Å². The number of alkyl halides is 1. The second kappa shape index (κ2) is 9.18. The lowest BCUT2D eigenvalue weighted by molar-refractivity contribution is 0.257. The van der Waals surface area contributed by atoms with Gasteiger partial charge in [-0.3, -0.25) is 0 Å². The van der Waals surface area contributed by atoms with E-state index in [-0.39, 0.29) is 42.5 Å². The van der Waals surface area contributed by atoms with Crippen molar-refractivity contribution in [2.24, 2.45) is 11.5 Å². The second-order valence-electron chi connectivity index (χ2n) is 2.80. The highest BCUT2D eigenvalue weighted by molar-refractivity contribution is 9.09. The maximum Gasteiger partial charge on any atom is 0.0449 e. The minimum absolute atomic E-state index is 0. The molecule has 0 amide bonds. The fraction of sp³-hybridized carbons (Fsp3) is 1.00. The van der Waals surface area contributed by atoms with Gasteiger partial charge in [0.25, 0.3) is 0 Å². The van der Waals surface area contributed by atoms with E-state index in [2.05, 4.69) is 15.9 Å². The fourth-order valence-corrected chi connectivity index (χ4v) is 1.46. The van der Waals surface area contributed by atoms with Crippen LogP contribution in [-0.4, -0.2) is 40.3 Å². The molecule has 0 aliphatic heterocycles. The van der Waals surface area contributed by atoms with Gasteiger partial charge in [0, 0.05) is 30.1 Å². The Morgan fingerprint density at radius 1 is 1.00 bits per heavy atom. The molecular weight excluding hydrogens is 259 g/mol. The molecule has 13 heavy (non-hydrogen) atoms. The molecule has 0 heterocycles. The Morgan fingerprint density at radius 2 is 1.31 bits per heavy atom. The van der Waals surface area contributed by atoms with E-state index in [1.54, 1.807) is 0 Å². The molecule has 0 bridgehead atoms. The van der Waals surface area contributed by atoms with Crippen molar-refractivity contribution in [3.05, 3.63) is 0 Å². The van der Waals surface area contributed by atoms with Gasteiger partial charge in [-0.05, 0) is 12.8 Å². The average Bonchev–Trinajstić information content (AvgIpc) is 2.04. The van der Waals surface area contributed by atoms with Crippen LogP contribution in [-0.2, 0) is 0 Å². The summed E-state index contributed by atoms with van der Waals surface area (Å²) < 4.78 is 0. The van der Waals surface area contributed by atoms with Crippen LogP contribution < -0.4 is 11.5 Å². The van der Waals surface area contributed by atoms with Gasteiger partial charge in [0.05, 0.1) is 0 Å². The highest BCUT2D eigenvalue weighted by Gasteiger charge is 2.20. The molecule has 0 fully saturated rings. The minimum atomic E-state index is -0.156. The summed E-state index contributed by atoms with van der Waals surface area (Å²) >= 11 is 3.34. The Balaban J connectivity index is 0. The van der Waals surface area contributed by atoms with Gasteiger partial charge >= 0.3 is 0 Å². The number of nitrogens with two attached hydrogens (primary N) is 2. The molecule has 0 spiro atoms. The molecule has 2 atom stereocenters. The maximum absolute atomic E-state index is 8.61. The van der Waals surface area contributed by atoms with Gasteiger partial charge in [-0.1, -0.05) is 15.9 Å². The van der Waals surface area contributed by atoms with Gasteiger partial charge in [0.1, 0.15) is 0 Å². The Kier molecular flexibility index (Phi) is 11.3. The number of aliphatic hydroxyl groups excluding tert-OH is 2. The minimum Gasteiger partial charge on any atom is -0.396 e. The Morgan fingerprint density at radius 3 is 1.54 bits per heavy atom. The number of hydrogen-bond donors (Lipinski definition) is 4. The summed E-state index contributed by atoms with van der Waals surface area (Å²) in [6.45, 7) is 0.129. The van der Waals surface area contributed by atoms with Crippen LogP contribution in [0.15, 0.2) is 0 Å². The molecule has 0 radical (unpaired) electrons. The normalized spacial score (nSPS) is 17.3. The molecular formula is C7H18BrClN2O2. The molecule has 0 aliphatic carbocycles. The van der Waals surface area contributed by atoms with Gasteiger partial charge in [0.2, 0.25) is 0 Å². The molecule has 0 aliphatic rings. The van der Waals surface area contributed by atoms with Gasteiger partial charge in [-0.25, -0.2) is 0 Å². The zero-order chi connectivity index (χ0) is 9.56. The first-order chi connectivity index (χ1) is 5.63. The van der Waals surface area contributed by atoms with Gasteiger partial charge in [-0.2, -0.15) is 0 Å². The van der Waals surface area contributed by atoms with Gasteiger partial charge in [-0.15, -0.1) is 12.4 Å². The lowest BCUT2D eigenvalue weighted by Gasteiger charge is -2.23. The van der Waals surface area contributed by atoms with E-state index in [0.29, 0.717) is 12.8 Å². The average molecular weight is 278 g/mol. The van der Waals surface area contributed by atoms with E-state index in [1.807, 2.05) is 0 Å². The topological polar surface area (TPSA) is 92.5 Å². The first-order valence-corrected chi connectivity index (χ1v) is 4.92. The maximum atomic E-state index is 8.61. The number of hydrogen-bond acceptors (Lipinski definition) is 4. The smallest absolute Gasteiger partial charge is 0.0449 e. The molecule has 0 aromatic carbocycles. The first-order valence-electron chi connectivity index (χ1n) is 4.00. The van der Waals surface area contributed by atoms with Crippen molar-refractivity contribution in [2.75, 3.05) is 13.2 Å². The van der Waals surface area contributed by atoms with Crippen molar-refractivity contribution in [1.82, 2.24) is 0 Å². The standard InChI is InChI=1S/C7H17BrN2O2.ClH/c8-7(5(9)1-3-11)6(10)2-4-12;/h5-7,11-12H,1-4,9-10H2;1H. The van der Waals surface area contributed by atoms with Crippen LogP contribution in [0.1, 0.15) is 12.8 Å². The number of rotatable bonds is 6. The largest absolute Gasteiger partial charge is 0.396 e. The van der Waals surface area contributed by atoms with Crippen LogP contribution in [0.3, 0.4) is 0 Å². The monoisotopic (exact) mass is 276 g/mol.